The molecule has 11 heteroatoms. The average molecular weight is 610 g/mol. The van der Waals surface area contributed by atoms with E-state index in [4.69, 9.17) is 18.9 Å². The highest BCUT2D eigenvalue weighted by molar-refractivity contribution is 5.91. The number of benzene rings is 1. The molecule has 2 amide bonds. The van der Waals surface area contributed by atoms with Crippen molar-refractivity contribution in [1.82, 2.24) is 15.2 Å². The third-order valence-corrected chi connectivity index (χ3v) is 9.68. The molecular formula is C33H43N3O8. The first-order valence-corrected chi connectivity index (χ1v) is 15.8. The third-order valence-electron chi connectivity index (χ3n) is 9.68. The average Bonchev–Trinajstić information content (AvgIpc) is 3.36. The van der Waals surface area contributed by atoms with E-state index in [0.29, 0.717) is 35.6 Å². The van der Waals surface area contributed by atoms with Gasteiger partial charge in [-0.1, -0.05) is 32.8 Å². The van der Waals surface area contributed by atoms with Crippen LogP contribution < -0.4 is 14.8 Å². The van der Waals surface area contributed by atoms with Crippen molar-refractivity contribution in [2.24, 2.45) is 17.3 Å². The van der Waals surface area contributed by atoms with E-state index in [-0.39, 0.29) is 24.4 Å². The van der Waals surface area contributed by atoms with Crippen LogP contribution in [0.15, 0.2) is 24.3 Å². The number of cyclic esters (lactones) is 1. The maximum atomic E-state index is 14.3. The molecule has 6 rings (SSSR count). The van der Waals surface area contributed by atoms with E-state index < -0.39 is 42.4 Å². The van der Waals surface area contributed by atoms with Gasteiger partial charge >= 0.3 is 12.1 Å². The lowest BCUT2D eigenvalue weighted by Gasteiger charge is -2.34. The van der Waals surface area contributed by atoms with E-state index in [0.717, 1.165) is 43.9 Å². The summed E-state index contributed by atoms with van der Waals surface area (Å²) in [6.45, 7) is 6.68. The number of hydrogen-bond donors (Lipinski definition) is 2. The topological polar surface area (TPSA) is 137 Å². The van der Waals surface area contributed by atoms with Crippen LogP contribution in [0, 0.1) is 17.3 Å². The van der Waals surface area contributed by atoms with Gasteiger partial charge in [-0.2, -0.15) is 0 Å². The fraction of sp³-hybridized carbons (Fsp3) is 0.636. The van der Waals surface area contributed by atoms with Gasteiger partial charge in [-0.05, 0) is 73.5 Å². The fourth-order valence-corrected chi connectivity index (χ4v) is 7.49. The van der Waals surface area contributed by atoms with Gasteiger partial charge in [0.25, 0.3) is 0 Å². The van der Waals surface area contributed by atoms with Crippen molar-refractivity contribution in [2.45, 2.75) is 96.1 Å². The quantitative estimate of drug-likeness (QED) is 0.487. The lowest BCUT2D eigenvalue weighted by molar-refractivity contribution is -0.160. The molecule has 2 aliphatic heterocycles. The van der Waals surface area contributed by atoms with Gasteiger partial charge in [-0.3, -0.25) is 9.69 Å². The molecule has 4 bridgehead atoms. The number of carboxylic acid groups (broad SMARTS) is 1. The summed E-state index contributed by atoms with van der Waals surface area (Å²) in [6, 6.07) is 5.74. The van der Waals surface area contributed by atoms with Gasteiger partial charge in [0.2, 0.25) is 11.8 Å². The smallest absolute Gasteiger partial charge is 0.407 e. The molecule has 6 atom stereocenters. The van der Waals surface area contributed by atoms with Crippen molar-refractivity contribution in [1.29, 1.82) is 0 Å². The zero-order valence-electron chi connectivity index (χ0n) is 25.9. The number of amides is 2. The summed E-state index contributed by atoms with van der Waals surface area (Å²) in [6.07, 6.45) is 2.82. The molecule has 3 heterocycles. The Kier molecular flexibility index (Phi) is 8.34. The van der Waals surface area contributed by atoms with E-state index in [1.165, 1.54) is 17.6 Å². The minimum absolute atomic E-state index is 0.00772. The summed E-state index contributed by atoms with van der Waals surface area (Å²) in [5, 5.41) is 13.9. The Morgan fingerprint density at radius 3 is 2.64 bits per heavy atom. The second-order valence-corrected chi connectivity index (χ2v) is 13.5. The van der Waals surface area contributed by atoms with E-state index in [1.54, 1.807) is 6.07 Å². The Bertz CT molecular complexity index is 1420. The summed E-state index contributed by atoms with van der Waals surface area (Å²) in [5.41, 5.74) is 1.60. The Balaban J connectivity index is 1.43. The summed E-state index contributed by atoms with van der Waals surface area (Å²) in [5.74, 6) is -0.100. The van der Waals surface area contributed by atoms with Gasteiger partial charge in [0.1, 0.15) is 23.9 Å². The fourth-order valence-electron chi connectivity index (χ4n) is 7.49. The number of fused-ring (bicyclic) bond motifs is 5. The molecule has 1 aromatic carbocycles. The van der Waals surface area contributed by atoms with Crippen LogP contribution in [0.2, 0.25) is 0 Å². The molecule has 0 spiro atoms. The lowest BCUT2D eigenvalue weighted by Crippen LogP contribution is -2.57. The molecule has 1 aromatic heterocycles. The van der Waals surface area contributed by atoms with Crippen LogP contribution in [0.5, 0.6) is 11.6 Å². The normalized spacial score (nSPS) is 30.6. The van der Waals surface area contributed by atoms with Crippen molar-refractivity contribution >= 4 is 28.9 Å². The Labute approximate surface area is 257 Å². The number of alkyl carbamates (subject to hydrolysis) is 1. The summed E-state index contributed by atoms with van der Waals surface area (Å²) >= 11 is 0. The third kappa shape index (κ3) is 6.03. The predicted octanol–water partition coefficient (Wildman–Crippen LogP) is 4.86. The predicted molar refractivity (Wildman–Crippen MR) is 160 cm³/mol. The highest BCUT2D eigenvalue weighted by Crippen LogP contribution is 2.53. The number of carboxylic acids is 1. The van der Waals surface area contributed by atoms with Crippen molar-refractivity contribution in [3.63, 3.8) is 0 Å². The minimum atomic E-state index is -1.21. The molecule has 1 unspecified atom stereocenters. The zero-order valence-corrected chi connectivity index (χ0v) is 25.9. The molecule has 1 saturated heterocycles. The number of carbonyl (C=O) groups excluding carboxylic acids is 2. The second kappa shape index (κ2) is 12.1. The maximum Gasteiger partial charge on any atom is 0.407 e. The van der Waals surface area contributed by atoms with E-state index in [2.05, 4.69) is 36.3 Å². The number of nitrogens with zero attached hydrogens (tertiary/aromatic N) is 2. The molecule has 2 N–H and O–H groups in total. The number of carbonyl (C=O) groups is 3. The lowest BCUT2D eigenvalue weighted by atomic mass is 9.87. The van der Waals surface area contributed by atoms with Crippen LogP contribution in [0.3, 0.4) is 0 Å². The molecule has 11 nitrogen and oxygen atoms in total. The minimum Gasteiger partial charge on any atom is -0.485 e. The summed E-state index contributed by atoms with van der Waals surface area (Å²) in [4.78, 5) is 46.0. The van der Waals surface area contributed by atoms with Gasteiger partial charge in [-0.15, -0.1) is 0 Å². The number of hydrogen-bond acceptors (Lipinski definition) is 8. The molecule has 2 aromatic rings. The first-order chi connectivity index (χ1) is 21.1. The molecule has 0 radical (unpaired) electrons. The molecule has 4 aliphatic rings. The zero-order chi connectivity index (χ0) is 31.2. The van der Waals surface area contributed by atoms with Crippen molar-refractivity contribution in [3.8, 4) is 11.6 Å². The largest absolute Gasteiger partial charge is 0.485 e. The second-order valence-electron chi connectivity index (χ2n) is 13.5. The molecular weight excluding hydrogens is 566 g/mol. The molecule has 238 valence electrons. The highest BCUT2D eigenvalue weighted by atomic mass is 16.6. The molecule has 2 aliphatic carbocycles. The maximum absolute atomic E-state index is 14.3. The standard InChI is InChI=1S/C33H43N3O8/c1-5-42-27-15-25-22-12-19(10-11-23(22)34-27)21-13-20(21)16-33(2,3)17-43-32(40)35-28(18-8-6-7-9-18)29(37)36-24(31(38)39)14-26(44-25)30(36)41-4/h10-12,15,18,20-21,24,26,28,30H,5-9,13-14,16-17H2,1-4H3,(H,35,40)(H,38,39)/t20-,21-,24+,26-,28+,30?/m1/s1. The molecule has 2 saturated carbocycles. The number of ether oxygens (including phenoxy) is 4. The number of aromatic nitrogens is 1. The SMILES string of the molecule is CCOc1cc2c3cc(ccc3n1)[C@H]1C[C@@H]1CC(C)(C)COC(=O)N[C@@H](C1CCCC1)C(=O)N1C(OC)[C@@H](C[C@H]1C(=O)O)O2. The number of aliphatic carboxylic acids is 1. The van der Waals surface area contributed by atoms with Gasteiger partial charge in [0.05, 0.1) is 18.7 Å². The Hall–Kier alpha value is -3.60. The van der Waals surface area contributed by atoms with Crippen molar-refractivity contribution in [2.75, 3.05) is 20.3 Å². The van der Waals surface area contributed by atoms with Gasteiger partial charge in [0.15, 0.2) is 6.23 Å². The van der Waals surface area contributed by atoms with Crippen LogP contribution in [0.1, 0.15) is 77.2 Å². The number of pyridine rings is 1. The van der Waals surface area contributed by atoms with Crippen LogP contribution in [-0.2, 0) is 19.1 Å². The van der Waals surface area contributed by atoms with E-state index in [9.17, 15) is 19.5 Å². The van der Waals surface area contributed by atoms with Crippen LogP contribution in [0.4, 0.5) is 4.79 Å². The number of nitrogens with one attached hydrogen (secondary N) is 1. The number of rotatable bonds is 5. The van der Waals surface area contributed by atoms with Crippen LogP contribution >= 0.6 is 0 Å². The van der Waals surface area contributed by atoms with Crippen molar-refractivity contribution in [3.05, 3.63) is 29.8 Å². The van der Waals surface area contributed by atoms with E-state index >= 15 is 0 Å². The van der Waals surface area contributed by atoms with Gasteiger partial charge < -0.3 is 29.4 Å². The summed E-state index contributed by atoms with van der Waals surface area (Å²) < 4.78 is 23.9. The molecule has 44 heavy (non-hydrogen) atoms. The highest BCUT2D eigenvalue weighted by Gasteiger charge is 2.52. The number of methoxy groups -OCH3 is 1. The van der Waals surface area contributed by atoms with Crippen LogP contribution in [0.25, 0.3) is 10.9 Å². The Morgan fingerprint density at radius 1 is 1.16 bits per heavy atom. The Morgan fingerprint density at radius 2 is 1.93 bits per heavy atom. The first kappa shape index (κ1) is 30.4. The monoisotopic (exact) mass is 609 g/mol. The van der Waals surface area contributed by atoms with Crippen molar-refractivity contribution < 1.29 is 38.4 Å². The van der Waals surface area contributed by atoms with Gasteiger partial charge in [-0.25, -0.2) is 14.6 Å². The first-order valence-electron chi connectivity index (χ1n) is 15.8. The van der Waals surface area contributed by atoms with Crippen LogP contribution in [-0.4, -0.2) is 77.7 Å². The van der Waals surface area contributed by atoms with Gasteiger partial charge in [0, 0.05) is 25.0 Å². The van der Waals surface area contributed by atoms with E-state index in [1.807, 2.05) is 13.0 Å². The summed E-state index contributed by atoms with van der Waals surface area (Å²) in [7, 11) is 1.44. The molecule has 3 fully saturated rings.